The van der Waals surface area contributed by atoms with Gasteiger partial charge in [-0.1, -0.05) is 116 Å². The van der Waals surface area contributed by atoms with Crippen LogP contribution in [-0.4, -0.2) is 48.4 Å². The monoisotopic (exact) mass is 462 g/mol. The highest BCUT2D eigenvalue weighted by atomic mass is 28.4. The van der Waals surface area contributed by atoms with E-state index in [1.54, 1.807) is 17.0 Å². The van der Waals surface area contributed by atoms with E-state index in [0.29, 0.717) is 0 Å². The highest BCUT2D eigenvalue weighted by molar-refractivity contribution is 7.22. The van der Waals surface area contributed by atoms with Gasteiger partial charge in [0.1, 0.15) is 0 Å². The zero-order valence-corrected chi connectivity index (χ0v) is 26.1. The Labute approximate surface area is 174 Å². The second kappa shape index (κ2) is 5.22. The van der Waals surface area contributed by atoms with Crippen LogP contribution < -0.4 is 0 Å². The maximum absolute atomic E-state index is 2.78. The standard InChI is InChI=1S/C21H42Si6/c1-22(2)13-24(5,6)20-16-17-19(18(16)22)23(3,4)14-25(7,8)21(17)27(11,12)15-26(20,9)10/h13-15H2,1-12H3. The predicted molar refractivity (Wildman–Crippen MR) is 140 cm³/mol. The van der Waals surface area contributed by atoms with Gasteiger partial charge in [0, 0.05) is 0 Å². The van der Waals surface area contributed by atoms with Crippen molar-refractivity contribution in [3.63, 3.8) is 0 Å². The Morgan fingerprint density at radius 3 is 0.852 bits per heavy atom. The van der Waals surface area contributed by atoms with Crippen LogP contribution in [-0.2, 0) is 0 Å². The average molecular weight is 463 g/mol. The van der Waals surface area contributed by atoms with E-state index < -0.39 is 48.4 Å². The van der Waals surface area contributed by atoms with Gasteiger partial charge in [0.2, 0.25) is 0 Å². The molecule has 0 bridgehead atoms. The fraction of sp³-hybridized carbons (Fsp3) is 0.714. The molecule has 0 fully saturated rings. The van der Waals surface area contributed by atoms with Crippen molar-refractivity contribution < 1.29 is 0 Å². The van der Waals surface area contributed by atoms with Gasteiger partial charge in [-0.25, -0.2) is 0 Å². The molecule has 4 rings (SSSR count). The molecule has 0 spiro atoms. The molecule has 0 saturated heterocycles. The van der Waals surface area contributed by atoms with Crippen molar-refractivity contribution in [2.24, 2.45) is 0 Å². The first-order valence-electron chi connectivity index (χ1n) is 11.1. The summed E-state index contributed by atoms with van der Waals surface area (Å²) in [5.41, 5.74) is 8.88. The summed E-state index contributed by atoms with van der Waals surface area (Å²) in [4.78, 5) is 4.31. The molecule has 3 aliphatic heterocycles. The fourth-order valence-electron chi connectivity index (χ4n) is 9.32. The molecular weight excluding hydrogens is 421 g/mol. The molecule has 27 heavy (non-hydrogen) atoms. The molecule has 0 radical (unpaired) electrons. The van der Waals surface area contributed by atoms with Crippen LogP contribution in [0.25, 0.3) is 0 Å². The summed E-state index contributed by atoms with van der Waals surface area (Å²) in [5, 5.41) is 4.09. The van der Waals surface area contributed by atoms with Crippen molar-refractivity contribution in [1.29, 1.82) is 0 Å². The lowest BCUT2D eigenvalue weighted by Crippen LogP contribution is -2.61. The Kier molecular flexibility index (Phi) is 4.02. The van der Waals surface area contributed by atoms with Crippen LogP contribution >= 0.6 is 0 Å². The zero-order chi connectivity index (χ0) is 20.6. The first-order chi connectivity index (χ1) is 11.9. The summed E-state index contributed by atoms with van der Waals surface area (Å²) in [7, 11) is -7.78. The smallest absolute Gasteiger partial charge is 0.0790 e. The van der Waals surface area contributed by atoms with Crippen molar-refractivity contribution in [2.75, 3.05) is 0 Å². The fourth-order valence-corrected chi connectivity index (χ4v) is 67.6. The Morgan fingerprint density at radius 1 is 0.370 bits per heavy atom. The topological polar surface area (TPSA) is 0 Å². The van der Waals surface area contributed by atoms with E-state index in [1.165, 1.54) is 0 Å². The maximum Gasteiger partial charge on any atom is 0.0790 e. The minimum atomic E-state index is -1.33. The minimum absolute atomic E-state index is 1.28. The van der Waals surface area contributed by atoms with Gasteiger partial charge in [-0.15, -0.1) is 0 Å². The molecule has 0 saturated carbocycles. The molecule has 150 valence electrons. The SMILES string of the molecule is C[Si]1(C)C[Si](C)(C)C2=C3C4=C([Si](C)(C)C[Si](C)(C)C4=C31)[Si](C)(C)C[Si]2(C)C. The van der Waals surface area contributed by atoms with Gasteiger partial charge >= 0.3 is 0 Å². The highest BCUT2D eigenvalue weighted by Gasteiger charge is 2.63. The van der Waals surface area contributed by atoms with Crippen molar-refractivity contribution in [2.45, 2.75) is 95.6 Å². The first kappa shape index (κ1) is 20.8. The van der Waals surface area contributed by atoms with Gasteiger partial charge in [0.05, 0.1) is 48.4 Å². The summed E-state index contributed by atoms with van der Waals surface area (Å²) in [6, 6.07) is 0. The van der Waals surface area contributed by atoms with Crippen LogP contribution in [0.15, 0.2) is 31.2 Å². The largest absolute Gasteiger partial charge is 0.0838 e. The molecule has 6 heteroatoms. The van der Waals surface area contributed by atoms with Gasteiger partial charge in [-0.2, -0.15) is 0 Å². The van der Waals surface area contributed by atoms with Gasteiger partial charge in [-0.3, -0.25) is 0 Å². The van der Waals surface area contributed by atoms with Crippen molar-refractivity contribution in [3.8, 4) is 0 Å². The Bertz CT molecular complexity index is 791. The Hall–Kier alpha value is 0.521. The third-order valence-corrected chi connectivity index (χ3v) is 47.9. The molecular formula is C21H42Si6. The molecule has 0 aromatic heterocycles. The van der Waals surface area contributed by atoms with Crippen LogP contribution in [0.5, 0.6) is 0 Å². The van der Waals surface area contributed by atoms with Crippen LogP contribution in [0, 0.1) is 0 Å². The Morgan fingerprint density at radius 2 is 0.593 bits per heavy atom. The first-order valence-corrected chi connectivity index (χ1v) is 30.4. The predicted octanol–water partition coefficient (Wildman–Crippen LogP) is 7.03. The maximum atomic E-state index is 2.78. The van der Waals surface area contributed by atoms with E-state index >= 15 is 0 Å². The number of allylic oxidation sites excluding steroid dienone is 4. The quantitative estimate of drug-likeness (QED) is 0.339. The minimum Gasteiger partial charge on any atom is -0.0838 e. The molecule has 1 aliphatic carbocycles. The number of hydrogen-bond acceptors (Lipinski definition) is 0. The molecule has 4 aliphatic rings. The number of hydrogen-bond donors (Lipinski definition) is 0. The lowest BCUT2D eigenvalue weighted by Gasteiger charge is -2.59. The van der Waals surface area contributed by atoms with E-state index in [2.05, 4.69) is 88.2 Å². The van der Waals surface area contributed by atoms with Gasteiger partial charge < -0.3 is 0 Å². The zero-order valence-electron chi connectivity index (χ0n) is 20.1. The third kappa shape index (κ3) is 2.59. The summed E-state index contributed by atoms with van der Waals surface area (Å²) < 4.78 is 0. The van der Waals surface area contributed by atoms with E-state index in [1.807, 2.05) is 21.5 Å². The number of rotatable bonds is 0. The van der Waals surface area contributed by atoms with Crippen LogP contribution in [0.4, 0.5) is 0 Å². The van der Waals surface area contributed by atoms with E-state index in [-0.39, 0.29) is 0 Å². The van der Waals surface area contributed by atoms with E-state index in [9.17, 15) is 0 Å². The molecule has 3 heterocycles. The lowest BCUT2D eigenvalue weighted by atomic mass is 9.97. The van der Waals surface area contributed by atoms with Gasteiger partial charge in [0.15, 0.2) is 0 Å². The molecule has 0 N–H and O–H groups in total. The van der Waals surface area contributed by atoms with Crippen LogP contribution in [0.2, 0.25) is 95.6 Å². The normalized spacial score (nSPS) is 33.3. The molecule has 0 unspecified atom stereocenters. The van der Waals surface area contributed by atoms with Crippen molar-refractivity contribution in [3.05, 3.63) is 31.2 Å². The highest BCUT2D eigenvalue weighted by Crippen LogP contribution is 2.65. The van der Waals surface area contributed by atoms with Gasteiger partial charge in [-0.05, 0) is 11.1 Å². The summed E-state index contributed by atoms with van der Waals surface area (Å²) in [6.07, 6.45) is 0. The van der Waals surface area contributed by atoms with Gasteiger partial charge in [0.25, 0.3) is 0 Å². The molecule has 0 aromatic carbocycles. The molecule has 0 amide bonds. The van der Waals surface area contributed by atoms with Crippen molar-refractivity contribution >= 4 is 48.4 Å². The molecule has 0 atom stereocenters. The van der Waals surface area contributed by atoms with E-state index in [0.717, 1.165) is 0 Å². The van der Waals surface area contributed by atoms with Crippen LogP contribution in [0.3, 0.4) is 0 Å². The average Bonchev–Trinajstić information content (AvgIpc) is 2.36. The summed E-state index contributed by atoms with van der Waals surface area (Å²) in [6.45, 7) is 33.2. The summed E-state index contributed by atoms with van der Waals surface area (Å²) >= 11 is 0. The Balaban J connectivity index is 2.22. The molecule has 0 aromatic rings. The second-order valence-electron chi connectivity index (χ2n) is 14.1. The molecule has 0 nitrogen and oxygen atoms in total. The second-order valence-corrected chi connectivity index (χ2v) is 44.9. The lowest BCUT2D eigenvalue weighted by molar-refractivity contribution is 1.22. The van der Waals surface area contributed by atoms with Crippen LogP contribution in [0.1, 0.15) is 0 Å². The van der Waals surface area contributed by atoms with Crippen molar-refractivity contribution in [1.82, 2.24) is 0 Å². The van der Waals surface area contributed by atoms with E-state index in [4.69, 9.17) is 0 Å². The third-order valence-electron chi connectivity index (χ3n) is 8.21. The summed E-state index contributed by atoms with van der Waals surface area (Å²) in [5.74, 6) is 0.